The first-order valence-electron chi connectivity index (χ1n) is 4.45. The molecule has 0 aromatic carbocycles. The van der Waals surface area contributed by atoms with Crippen LogP contribution < -0.4 is 0 Å². The second-order valence-corrected chi connectivity index (χ2v) is 4.05. The van der Waals surface area contributed by atoms with Crippen LogP contribution in [0.5, 0.6) is 0 Å². The molecule has 1 N–H and O–H groups in total. The Labute approximate surface area is 62.4 Å². The minimum Gasteiger partial charge on any atom is -0.389 e. The second-order valence-electron chi connectivity index (χ2n) is 4.05. The summed E-state index contributed by atoms with van der Waals surface area (Å²) in [7, 11) is 0. The van der Waals surface area contributed by atoms with Crippen molar-refractivity contribution < 1.29 is 5.11 Å². The van der Waals surface area contributed by atoms with E-state index in [0.29, 0.717) is 5.41 Å². The Morgan fingerprint density at radius 2 is 2.00 bits per heavy atom. The van der Waals surface area contributed by atoms with Crippen LogP contribution in [0, 0.1) is 5.41 Å². The van der Waals surface area contributed by atoms with Crippen molar-refractivity contribution in [3.8, 4) is 0 Å². The average Bonchev–Trinajstić information content (AvgIpc) is 2.56. The van der Waals surface area contributed by atoms with E-state index in [1.54, 1.807) is 0 Å². The molecule has 2 aliphatic rings. The van der Waals surface area contributed by atoms with E-state index in [4.69, 9.17) is 0 Å². The average molecular weight is 140 g/mol. The van der Waals surface area contributed by atoms with Gasteiger partial charge in [-0.2, -0.15) is 0 Å². The van der Waals surface area contributed by atoms with E-state index in [2.05, 4.69) is 6.92 Å². The lowest BCUT2D eigenvalue weighted by Crippen LogP contribution is -2.23. The summed E-state index contributed by atoms with van der Waals surface area (Å²) in [6.45, 7) is 2.21. The van der Waals surface area contributed by atoms with Crippen LogP contribution in [0.3, 0.4) is 0 Å². The number of hydrogen-bond acceptors (Lipinski definition) is 1. The summed E-state index contributed by atoms with van der Waals surface area (Å²) in [5, 5.41) is 9.90. The van der Waals surface area contributed by atoms with Gasteiger partial charge < -0.3 is 5.11 Å². The van der Waals surface area contributed by atoms with Crippen molar-refractivity contribution in [2.75, 3.05) is 0 Å². The largest absolute Gasteiger partial charge is 0.389 e. The molecule has 0 aromatic rings. The molecule has 0 heterocycles. The Morgan fingerprint density at radius 1 is 1.30 bits per heavy atom. The fourth-order valence-electron chi connectivity index (χ4n) is 2.70. The summed E-state index contributed by atoms with van der Waals surface area (Å²) in [5.74, 6) is 0. The first-order chi connectivity index (χ1) is 4.72. The number of aliphatic hydroxyl groups is 1. The fraction of sp³-hybridized carbons (Fsp3) is 1.00. The summed E-state index contributed by atoms with van der Waals surface area (Å²) >= 11 is 0. The molecule has 0 aromatic heterocycles. The van der Waals surface area contributed by atoms with Gasteiger partial charge in [-0.15, -0.1) is 0 Å². The van der Waals surface area contributed by atoms with Crippen LogP contribution in [0.4, 0.5) is 0 Å². The lowest BCUT2D eigenvalue weighted by atomic mass is 9.84. The topological polar surface area (TPSA) is 20.2 Å². The molecule has 1 heteroatoms. The third-order valence-electron chi connectivity index (χ3n) is 3.67. The van der Waals surface area contributed by atoms with Gasteiger partial charge in [0.15, 0.2) is 0 Å². The maximum atomic E-state index is 9.90. The minimum absolute atomic E-state index is 0.208. The van der Waals surface area contributed by atoms with Gasteiger partial charge in [-0.3, -0.25) is 0 Å². The zero-order valence-corrected chi connectivity index (χ0v) is 6.69. The standard InChI is InChI=1S/C9H16O/c1-2-8-5-3-4-6-9(8,10)7-8/h10H,2-7H2,1H3. The molecule has 2 fully saturated rings. The Bertz CT molecular complexity index is 151. The molecular weight excluding hydrogens is 124 g/mol. The van der Waals surface area contributed by atoms with E-state index in [1.165, 1.54) is 25.7 Å². The van der Waals surface area contributed by atoms with Crippen LogP contribution in [0.1, 0.15) is 45.4 Å². The Morgan fingerprint density at radius 3 is 2.50 bits per heavy atom. The lowest BCUT2D eigenvalue weighted by molar-refractivity contribution is 0.0609. The summed E-state index contributed by atoms with van der Waals surface area (Å²) in [6.07, 6.45) is 7.22. The molecule has 2 aliphatic carbocycles. The van der Waals surface area contributed by atoms with E-state index in [1.807, 2.05) is 0 Å². The predicted molar refractivity (Wildman–Crippen MR) is 40.8 cm³/mol. The normalized spacial score (nSPS) is 52.2. The van der Waals surface area contributed by atoms with Crippen LogP contribution in [-0.2, 0) is 0 Å². The van der Waals surface area contributed by atoms with E-state index in [0.717, 1.165) is 12.8 Å². The van der Waals surface area contributed by atoms with E-state index >= 15 is 0 Å². The van der Waals surface area contributed by atoms with Gasteiger partial charge in [-0.1, -0.05) is 19.8 Å². The first kappa shape index (κ1) is 6.66. The number of rotatable bonds is 1. The highest BCUT2D eigenvalue weighted by atomic mass is 16.3. The quantitative estimate of drug-likeness (QED) is 0.591. The fourth-order valence-corrected chi connectivity index (χ4v) is 2.70. The Kier molecular flexibility index (Phi) is 1.17. The number of fused-ring (bicyclic) bond motifs is 1. The molecule has 2 saturated carbocycles. The summed E-state index contributed by atoms with van der Waals surface area (Å²) in [6, 6.07) is 0. The van der Waals surface area contributed by atoms with Crippen molar-refractivity contribution in [2.45, 2.75) is 51.0 Å². The van der Waals surface area contributed by atoms with Gasteiger partial charge in [-0.05, 0) is 25.7 Å². The lowest BCUT2D eigenvalue weighted by Gasteiger charge is -2.25. The molecule has 0 aliphatic heterocycles. The van der Waals surface area contributed by atoms with Crippen LogP contribution >= 0.6 is 0 Å². The molecule has 58 valence electrons. The van der Waals surface area contributed by atoms with Crippen LogP contribution in [0.2, 0.25) is 0 Å². The van der Waals surface area contributed by atoms with Crippen LogP contribution in [0.25, 0.3) is 0 Å². The summed E-state index contributed by atoms with van der Waals surface area (Å²) < 4.78 is 0. The third-order valence-corrected chi connectivity index (χ3v) is 3.67. The zero-order chi connectivity index (χ0) is 7.24. The number of hydrogen-bond donors (Lipinski definition) is 1. The van der Waals surface area contributed by atoms with Gasteiger partial charge in [0.2, 0.25) is 0 Å². The van der Waals surface area contributed by atoms with E-state index in [-0.39, 0.29) is 5.60 Å². The highest BCUT2D eigenvalue weighted by Gasteiger charge is 2.65. The third kappa shape index (κ3) is 0.619. The molecule has 2 atom stereocenters. The molecule has 2 unspecified atom stereocenters. The van der Waals surface area contributed by atoms with Gasteiger partial charge in [0, 0.05) is 5.41 Å². The van der Waals surface area contributed by atoms with Gasteiger partial charge in [-0.25, -0.2) is 0 Å². The molecule has 0 bridgehead atoms. The highest BCUT2D eigenvalue weighted by molar-refractivity contribution is 5.16. The van der Waals surface area contributed by atoms with Gasteiger partial charge in [0.25, 0.3) is 0 Å². The van der Waals surface area contributed by atoms with E-state index < -0.39 is 0 Å². The van der Waals surface area contributed by atoms with Gasteiger partial charge in [0.1, 0.15) is 0 Å². The molecule has 0 radical (unpaired) electrons. The maximum Gasteiger partial charge on any atom is 0.0711 e. The van der Waals surface area contributed by atoms with Crippen molar-refractivity contribution in [2.24, 2.45) is 5.41 Å². The van der Waals surface area contributed by atoms with Crippen molar-refractivity contribution in [1.82, 2.24) is 0 Å². The van der Waals surface area contributed by atoms with E-state index in [9.17, 15) is 5.11 Å². The molecular formula is C9H16O. The molecule has 0 amide bonds. The Balaban J connectivity index is 2.13. The van der Waals surface area contributed by atoms with Crippen molar-refractivity contribution in [1.29, 1.82) is 0 Å². The molecule has 0 spiro atoms. The SMILES string of the molecule is CCC12CCCCC1(O)C2. The molecule has 10 heavy (non-hydrogen) atoms. The second kappa shape index (κ2) is 1.76. The summed E-state index contributed by atoms with van der Waals surface area (Å²) in [5.41, 5.74) is 0.172. The van der Waals surface area contributed by atoms with Crippen molar-refractivity contribution in [3.05, 3.63) is 0 Å². The summed E-state index contributed by atoms with van der Waals surface area (Å²) in [4.78, 5) is 0. The minimum atomic E-state index is -0.208. The van der Waals surface area contributed by atoms with Gasteiger partial charge in [0.05, 0.1) is 5.60 Å². The van der Waals surface area contributed by atoms with Crippen LogP contribution in [-0.4, -0.2) is 10.7 Å². The molecule has 0 saturated heterocycles. The zero-order valence-electron chi connectivity index (χ0n) is 6.69. The monoisotopic (exact) mass is 140 g/mol. The van der Waals surface area contributed by atoms with Crippen molar-refractivity contribution in [3.63, 3.8) is 0 Å². The first-order valence-corrected chi connectivity index (χ1v) is 4.45. The van der Waals surface area contributed by atoms with Gasteiger partial charge >= 0.3 is 0 Å². The highest BCUT2D eigenvalue weighted by Crippen LogP contribution is 2.66. The predicted octanol–water partition coefficient (Wildman–Crippen LogP) is 2.09. The molecule has 1 nitrogen and oxygen atoms in total. The van der Waals surface area contributed by atoms with Crippen LogP contribution in [0.15, 0.2) is 0 Å². The maximum absolute atomic E-state index is 9.90. The Hall–Kier alpha value is -0.0400. The molecule has 2 rings (SSSR count). The smallest absolute Gasteiger partial charge is 0.0711 e. The van der Waals surface area contributed by atoms with Crippen molar-refractivity contribution >= 4 is 0 Å².